The lowest BCUT2D eigenvalue weighted by Crippen LogP contribution is -2.13. The Morgan fingerprint density at radius 1 is 1.75 bits per heavy atom. The van der Waals surface area contributed by atoms with Crippen LogP contribution in [0.25, 0.3) is 0 Å². The van der Waals surface area contributed by atoms with E-state index in [-0.39, 0.29) is 12.5 Å². The molecule has 0 saturated carbocycles. The summed E-state index contributed by atoms with van der Waals surface area (Å²) in [6.45, 7) is 1.86. The van der Waals surface area contributed by atoms with Gasteiger partial charge in [-0.1, -0.05) is 0 Å². The van der Waals surface area contributed by atoms with Crippen molar-refractivity contribution in [2.45, 2.75) is 13.5 Å². The molecule has 0 unspecified atom stereocenters. The van der Waals surface area contributed by atoms with Gasteiger partial charge in [-0.15, -0.1) is 5.10 Å². The van der Waals surface area contributed by atoms with Crippen LogP contribution in [0.15, 0.2) is 4.73 Å². The van der Waals surface area contributed by atoms with Gasteiger partial charge in [-0.05, 0) is 22.9 Å². The summed E-state index contributed by atoms with van der Waals surface area (Å²) >= 11 is 3.10. The molecule has 1 rings (SSSR count). The van der Waals surface area contributed by atoms with Crippen LogP contribution in [0.1, 0.15) is 5.82 Å². The van der Waals surface area contributed by atoms with Gasteiger partial charge in [0, 0.05) is 0 Å². The fourth-order valence-electron chi connectivity index (χ4n) is 0.722. The third kappa shape index (κ3) is 2.04. The molecule has 0 fully saturated rings. The second kappa shape index (κ2) is 3.66. The lowest BCUT2D eigenvalue weighted by molar-refractivity contribution is -0.141. The molecule has 0 saturated heterocycles. The average molecular weight is 234 g/mol. The number of hydrogen-bond acceptors (Lipinski definition) is 4. The van der Waals surface area contributed by atoms with E-state index in [0.717, 1.165) is 0 Å². The van der Waals surface area contributed by atoms with E-state index in [0.29, 0.717) is 10.6 Å². The van der Waals surface area contributed by atoms with Crippen LogP contribution in [-0.4, -0.2) is 27.8 Å². The van der Waals surface area contributed by atoms with Crippen LogP contribution >= 0.6 is 15.9 Å². The first-order chi connectivity index (χ1) is 5.63. The standard InChI is InChI=1S/C6H8BrN3O2/c1-4-8-6(7)9-10(4)3-5(11)12-2/h3H2,1-2H3. The number of rotatable bonds is 2. The van der Waals surface area contributed by atoms with Crippen molar-refractivity contribution in [3.63, 3.8) is 0 Å². The Morgan fingerprint density at radius 3 is 2.83 bits per heavy atom. The molecule has 0 radical (unpaired) electrons. The topological polar surface area (TPSA) is 57.0 Å². The average Bonchev–Trinajstić information content (AvgIpc) is 2.30. The number of halogens is 1. The van der Waals surface area contributed by atoms with Crippen LogP contribution in [0.4, 0.5) is 0 Å². The summed E-state index contributed by atoms with van der Waals surface area (Å²) in [4.78, 5) is 14.8. The predicted molar refractivity (Wildman–Crippen MR) is 44.5 cm³/mol. The van der Waals surface area contributed by atoms with Gasteiger partial charge in [-0.25, -0.2) is 9.67 Å². The van der Waals surface area contributed by atoms with E-state index in [9.17, 15) is 4.79 Å². The van der Waals surface area contributed by atoms with Crippen molar-refractivity contribution in [1.29, 1.82) is 0 Å². The van der Waals surface area contributed by atoms with E-state index in [1.807, 2.05) is 0 Å². The summed E-state index contributed by atoms with van der Waals surface area (Å²) < 4.78 is 6.42. The van der Waals surface area contributed by atoms with Crippen molar-refractivity contribution in [1.82, 2.24) is 14.8 Å². The molecule has 1 heterocycles. The van der Waals surface area contributed by atoms with Crippen molar-refractivity contribution in [3.05, 3.63) is 10.6 Å². The first-order valence-corrected chi connectivity index (χ1v) is 4.06. The molecule has 6 heteroatoms. The number of carbonyl (C=O) groups is 1. The highest BCUT2D eigenvalue weighted by molar-refractivity contribution is 9.10. The first kappa shape index (κ1) is 9.18. The maximum absolute atomic E-state index is 10.8. The summed E-state index contributed by atoms with van der Waals surface area (Å²) in [5.41, 5.74) is 0. The Kier molecular flexibility index (Phi) is 2.80. The van der Waals surface area contributed by atoms with E-state index < -0.39 is 0 Å². The number of aryl methyl sites for hydroxylation is 1. The normalized spacial score (nSPS) is 9.92. The van der Waals surface area contributed by atoms with E-state index in [4.69, 9.17) is 0 Å². The largest absolute Gasteiger partial charge is 0.468 e. The van der Waals surface area contributed by atoms with Gasteiger partial charge in [0.1, 0.15) is 12.4 Å². The maximum Gasteiger partial charge on any atom is 0.327 e. The van der Waals surface area contributed by atoms with Crippen LogP contribution in [0, 0.1) is 6.92 Å². The molecule has 0 spiro atoms. The maximum atomic E-state index is 10.8. The summed E-state index contributed by atoms with van der Waals surface area (Å²) in [7, 11) is 1.34. The number of nitrogens with zero attached hydrogens (tertiary/aromatic N) is 3. The van der Waals surface area contributed by atoms with Crippen molar-refractivity contribution in [2.75, 3.05) is 7.11 Å². The molecule has 0 atom stereocenters. The molecule has 0 bridgehead atoms. The van der Waals surface area contributed by atoms with Crippen LogP contribution < -0.4 is 0 Å². The number of ether oxygens (including phenoxy) is 1. The Bertz CT molecular complexity index is 297. The number of hydrogen-bond donors (Lipinski definition) is 0. The lowest BCUT2D eigenvalue weighted by Gasteiger charge is -1.99. The van der Waals surface area contributed by atoms with Gasteiger partial charge < -0.3 is 4.74 Å². The summed E-state index contributed by atoms with van der Waals surface area (Å²) in [5.74, 6) is 0.336. The van der Waals surface area contributed by atoms with Gasteiger partial charge in [0.05, 0.1) is 7.11 Å². The molecule has 5 nitrogen and oxygen atoms in total. The zero-order valence-electron chi connectivity index (χ0n) is 6.74. The highest BCUT2D eigenvalue weighted by atomic mass is 79.9. The molecule has 12 heavy (non-hydrogen) atoms. The second-order valence-corrected chi connectivity index (χ2v) is 2.87. The summed E-state index contributed by atoms with van der Waals surface area (Å²) in [6.07, 6.45) is 0. The monoisotopic (exact) mass is 233 g/mol. The minimum Gasteiger partial charge on any atom is -0.468 e. The minimum absolute atomic E-state index is 0.0981. The summed E-state index contributed by atoms with van der Waals surface area (Å²) in [5, 5.41) is 3.92. The van der Waals surface area contributed by atoms with Gasteiger partial charge in [0.25, 0.3) is 0 Å². The Morgan fingerprint density at radius 2 is 2.42 bits per heavy atom. The van der Waals surface area contributed by atoms with E-state index in [1.165, 1.54) is 11.8 Å². The molecule has 0 aliphatic carbocycles. The van der Waals surface area contributed by atoms with Crippen LogP contribution in [0.3, 0.4) is 0 Å². The smallest absolute Gasteiger partial charge is 0.327 e. The Balaban J connectivity index is 2.75. The van der Waals surface area contributed by atoms with Crippen molar-refractivity contribution < 1.29 is 9.53 Å². The number of carbonyl (C=O) groups excluding carboxylic acids is 1. The van der Waals surface area contributed by atoms with Gasteiger partial charge in [-0.3, -0.25) is 4.79 Å². The van der Waals surface area contributed by atoms with Crippen LogP contribution in [-0.2, 0) is 16.1 Å². The van der Waals surface area contributed by atoms with Crippen LogP contribution in [0.2, 0.25) is 0 Å². The molecule has 0 aliphatic rings. The van der Waals surface area contributed by atoms with E-state index in [2.05, 4.69) is 30.7 Å². The van der Waals surface area contributed by atoms with Gasteiger partial charge in [0.2, 0.25) is 4.73 Å². The fraction of sp³-hybridized carbons (Fsp3) is 0.500. The molecule has 0 aromatic carbocycles. The number of aromatic nitrogens is 3. The molecule has 0 N–H and O–H groups in total. The Labute approximate surface area is 77.9 Å². The molecular weight excluding hydrogens is 226 g/mol. The lowest BCUT2D eigenvalue weighted by atomic mass is 10.6. The molecule has 0 aliphatic heterocycles. The van der Waals surface area contributed by atoms with Crippen LogP contribution in [0.5, 0.6) is 0 Å². The fourth-order valence-corrected chi connectivity index (χ4v) is 1.17. The van der Waals surface area contributed by atoms with Gasteiger partial charge in [0.15, 0.2) is 0 Å². The zero-order valence-corrected chi connectivity index (χ0v) is 8.33. The van der Waals surface area contributed by atoms with E-state index in [1.54, 1.807) is 6.92 Å². The molecular formula is C6H8BrN3O2. The van der Waals surface area contributed by atoms with Crippen molar-refractivity contribution in [2.24, 2.45) is 0 Å². The summed E-state index contributed by atoms with van der Waals surface area (Å²) in [6, 6.07) is 0. The Hall–Kier alpha value is -0.910. The third-order valence-corrected chi connectivity index (χ3v) is 1.67. The molecule has 1 aromatic rings. The molecule has 1 aromatic heterocycles. The minimum atomic E-state index is -0.337. The predicted octanol–water partition coefficient (Wildman–Crippen LogP) is 0.522. The second-order valence-electron chi connectivity index (χ2n) is 2.16. The molecule has 0 amide bonds. The third-order valence-electron chi connectivity index (χ3n) is 1.34. The zero-order chi connectivity index (χ0) is 9.14. The van der Waals surface area contributed by atoms with Crippen molar-refractivity contribution in [3.8, 4) is 0 Å². The first-order valence-electron chi connectivity index (χ1n) is 3.27. The van der Waals surface area contributed by atoms with Gasteiger partial charge >= 0.3 is 5.97 Å². The molecule has 66 valence electrons. The van der Waals surface area contributed by atoms with E-state index >= 15 is 0 Å². The van der Waals surface area contributed by atoms with Crippen molar-refractivity contribution >= 4 is 21.9 Å². The van der Waals surface area contributed by atoms with Gasteiger partial charge in [-0.2, -0.15) is 0 Å². The SMILES string of the molecule is COC(=O)Cn1nc(Br)nc1C. The highest BCUT2D eigenvalue weighted by Crippen LogP contribution is 2.03. The quantitative estimate of drug-likeness (QED) is 0.700. The highest BCUT2D eigenvalue weighted by Gasteiger charge is 2.07. The number of esters is 1. The number of methoxy groups -OCH3 is 1.